The molecular formula is C14H21BrN4O. The van der Waals surface area contributed by atoms with E-state index in [1.54, 1.807) is 12.3 Å². The first-order valence-electron chi connectivity index (χ1n) is 6.62. The maximum absolute atomic E-state index is 12.3. The third kappa shape index (κ3) is 2.42. The molecule has 0 unspecified atom stereocenters. The van der Waals surface area contributed by atoms with Crippen LogP contribution in [0.3, 0.4) is 0 Å². The molecule has 1 heterocycles. The van der Waals surface area contributed by atoms with Gasteiger partial charge in [-0.1, -0.05) is 27.7 Å². The second kappa shape index (κ2) is 5.00. The summed E-state index contributed by atoms with van der Waals surface area (Å²) < 4.78 is 0.744. The molecule has 0 radical (unpaired) electrons. The maximum Gasteiger partial charge on any atom is 0.255 e. The number of nitrogen functional groups attached to an aromatic ring is 1. The van der Waals surface area contributed by atoms with Gasteiger partial charge in [-0.3, -0.25) is 4.79 Å². The first kappa shape index (κ1) is 15.3. The molecule has 1 fully saturated rings. The van der Waals surface area contributed by atoms with Crippen LogP contribution in [0.2, 0.25) is 0 Å². The SMILES string of the molecule is CC1(C)C(CNC(=O)c2cc(Br)cnc2NN)C1(C)C. The fraction of sp³-hybridized carbons (Fsp3) is 0.571. The Labute approximate surface area is 127 Å². The van der Waals surface area contributed by atoms with Crippen LogP contribution in [0.15, 0.2) is 16.7 Å². The zero-order chi connectivity index (χ0) is 15.1. The smallest absolute Gasteiger partial charge is 0.255 e. The summed E-state index contributed by atoms with van der Waals surface area (Å²) in [6.07, 6.45) is 1.60. The molecule has 0 saturated heterocycles. The Morgan fingerprint density at radius 3 is 2.50 bits per heavy atom. The normalized spacial score (nSPS) is 19.5. The number of nitrogens with zero attached hydrogens (tertiary/aromatic N) is 1. The number of aromatic nitrogens is 1. The van der Waals surface area contributed by atoms with Crippen LogP contribution in [0.4, 0.5) is 5.82 Å². The molecule has 1 aromatic rings. The monoisotopic (exact) mass is 340 g/mol. The standard InChI is InChI=1S/C14H21BrN4O/c1-13(2)10(14(13,3)4)7-18-12(20)9-5-8(15)6-17-11(9)19-16/h5-6,10H,7,16H2,1-4H3,(H,17,19)(H,18,20). The Balaban J connectivity index is 2.05. The van der Waals surface area contributed by atoms with Gasteiger partial charge in [0.1, 0.15) is 0 Å². The Hall–Kier alpha value is -1.14. The van der Waals surface area contributed by atoms with Crippen LogP contribution in [-0.2, 0) is 0 Å². The lowest BCUT2D eigenvalue weighted by molar-refractivity contribution is 0.0950. The van der Waals surface area contributed by atoms with Crippen LogP contribution in [0, 0.1) is 16.7 Å². The van der Waals surface area contributed by atoms with Crippen LogP contribution in [0.25, 0.3) is 0 Å². The highest BCUT2D eigenvalue weighted by atomic mass is 79.9. The van der Waals surface area contributed by atoms with Crippen LogP contribution >= 0.6 is 15.9 Å². The van der Waals surface area contributed by atoms with Gasteiger partial charge in [0.2, 0.25) is 0 Å². The van der Waals surface area contributed by atoms with Gasteiger partial charge < -0.3 is 10.7 Å². The van der Waals surface area contributed by atoms with Crippen molar-refractivity contribution in [2.75, 3.05) is 12.0 Å². The topological polar surface area (TPSA) is 80.0 Å². The van der Waals surface area contributed by atoms with E-state index in [1.165, 1.54) is 0 Å². The third-order valence-corrected chi connectivity index (χ3v) is 5.46. The number of carbonyl (C=O) groups excluding carboxylic acids is 1. The van der Waals surface area contributed by atoms with E-state index in [4.69, 9.17) is 5.84 Å². The van der Waals surface area contributed by atoms with Crippen LogP contribution in [0.1, 0.15) is 38.1 Å². The van der Waals surface area contributed by atoms with E-state index < -0.39 is 0 Å². The second-order valence-corrected chi connectivity index (χ2v) is 7.32. The maximum atomic E-state index is 12.3. The third-order valence-electron chi connectivity index (χ3n) is 5.02. The minimum Gasteiger partial charge on any atom is -0.352 e. The minimum absolute atomic E-state index is 0.162. The van der Waals surface area contributed by atoms with Crippen LogP contribution in [-0.4, -0.2) is 17.4 Å². The lowest BCUT2D eigenvalue weighted by Gasteiger charge is -2.10. The molecule has 0 atom stereocenters. The van der Waals surface area contributed by atoms with E-state index in [1.807, 2.05) is 0 Å². The number of hydrogen-bond acceptors (Lipinski definition) is 4. The highest BCUT2D eigenvalue weighted by Gasteiger charge is 2.64. The predicted octanol–water partition coefficient (Wildman–Crippen LogP) is 2.54. The number of amides is 1. The molecule has 0 bridgehead atoms. The van der Waals surface area contributed by atoms with Gasteiger partial charge in [-0.25, -0.2) is 10.8 Å². The number of hydrazine groups is 1. The van der Waals surface area contributed by atoms with Crippen molar-refractivity contribution in [2.24, 2.45) is 22.6 Å². The van der Waals surface area contributed by atoms with Crippen molar-refractivity contribution in [1.82, 2.24) is 10.3 Å². The van der Waals surface area contributed by atoms with Gasteiger partial charge in [-0.15, -0.1) is 0 Å². The Kier molecular flexibility index (Phi) is 3.81. The fourth-order valence-corrected chi connectivity index (χ4v) is 3.19. The van der Waals surface area contributed by atoms with Gasteiger partial charge in [0, 0.05) is 17.2 Å². The summed E-state index contributed by atoms with van der Waals surface area (Å²) in [5.74, 6) is 6.08. The van der Waals surface area contributed by atoms with E-state index in [2.05, 4.69) is 59.4 Å². The first-order chi connectivity index (χ1) is 9.21. The molecule has 0 aliphatic heterocycles. The highest BCUT2D eigenvalue weighted by Crippen LogP contribution is 2.67. The molecular weight excluding hydrogens is 320 g/mol. The van der Waals surface area contributed by atoms with E-state index in [-0.39, 0.29) is 16.7 Å². The number of anilines is 1. The first-order valence-corrected chi connectivity index (χ1v) is 7.41. The summed E-state index contributed by atoms with van der Waals surface area (Å²) in [5, 5.41) is 2.98. The lowest BCUT2D eigenvalue weighted by Crippen LogP contribution is -2.28. The summed E-state index contributed by atoms with van der Waals surface area (Å²) in [4.78, 5) is 16.3. The van der Waals surface area contributed by atoms with Gasteiger partial charge >= 0.3 is 0 Å². The summed E-state index contributed by atoms with van der Waals surface area (Å²) in [5.41, 5.74) is 3.40. The Morgan fingerprint density at radius 2 is 2.00 bits per heavy atom. The number of pyridine rings is 1. The zero-order valence-corrected chi connectivity index (χ0v) is 13.8. The summed E-state index contributed by atoms with van der Waals surface area (Å²) in [6, 6.07) is 1.71. The van der Waals surface area contributed by atoms with E-state index >= 15 is 0 Å². The van der Waals surface area contributed by atoms with E-state index in [0.717, 1.165) is 4.47 Å². The molecule has 1 aliphatic rings. The number of hydrogen-bond donors (Lipinski definition) is 3. The summed E-state index contributed by atoms with van der Waals surface area (Å²) >= 11 is 3.31. The number of rotatable bonds is 4. The molecule has 4 N–H and O–H groups in total. The average molecular weight is 341 g/mol. The molecule has 0 aromatic carbocycles. The van der Waals surface area contributed by atoms with Crippen molar-refractivity contribution < 1.29 is 4.79 Å². The highest BCUT2D eigenvalue weighted by molar-refractivity contribution is 9.10. The van der Waals surface area contributed by atoms with Crippen LogP contribution in [0.5, 0.6) is 0 Å². The van der Waals surface area contributed by atoms with Crippen molar-refractivity contribution >= 4 is 27.7 Å². The minimum atomic E-state index is -0.162. The molecule has 0 spiro atoms. The molecule has 1 aromatic heterocycles. The molecule has 20 heavy (non-hydrogen) atoms. The Morgan fingerprint density at radius 1 is 1.40 bits per heavy atom. The molecule has 110 valence electrons. The number of halogens is 1. The molecule has 6 heteroatoms. The van der Waals surface area contributed by atoms with Gasteiger partial charge in [-0.2, -0.15) is 0 Å². The average Bonchev–Trinajstić information content (AvgIpc) is 2.76. The van der Waals surface area contributed by atoms with E-state index in [9.17, 15) is 4.79 Å². The number of nitrogens with one attached hydrogen (secondary N) is 2. The second-order valence-electron chi connectivity index (χ2n) is 6.40. The van der Waals surface area contributed by atoms with Crippen molar-refractivity contribution in [1.29, 1.82) is 0 Å². The molecule has 1 aliphatic carbocycles. The van der Waals surface area contributed by atoms with Crippen LogP contribution < -0.4 is 16.6 Å². The van der Waals surface area contributed by atoms with Crippen molar-refractivity contribution in [3.8, 4) is 0 Å². The molecule has 1 saturated carbocycles. The molecule has 1 amide bonds. The number of nitrogens with two attached hydrogens (primary N) is 1. The van der Waals surface area contributed by atoms with Crippen molar-refractivity contribution in [3.63, 3.8) is 0 Å². The molecule has 5 nitrogen and oxygen atoms in total. The predicted molar refractivity (Wildman–Crippen MR) is 83.1 cm³/mol. The van der Waals surface area contributed by atoms with Gasteiger partial charge in [0.25, 0.3) is 5.91 Å². The largest absolute Gasteiger partial charge is 0.352 e. The lowest BCUT2D eigenvalue weighted by atomic mass is 10.0. The van der Waals surface area contributed by atoms with Crippen molar-refractivity contribution in [3.05, 3.63) is 22.3 Å². The van der Waals surface area contributed by atoms with E-state index in [0.29, 0.717) is 23.8 Å². The summed E-state index contributed by atoms with van der Waals surface area (Å²) in [6.45, 7) is 9.60. The van der Waals surface area contributed by atoms with Crippen molar-refractivity contribution in [2.45, 2.75) is 27.7 Å². The van der Waals surface area contributed by atoms with Gasteiger partial charge in [0.15, 0.2) is 5.82 Å². The molecule has 2 rings (SSSR count). The fourth-order valence-electron chi connectivity index (χ4n) is 2.86. The van der Waals surface area contributed by atoms with Gasteiger partial charge in [0.05, 0.1) is 5.56 Å². The van der Waals surface area contributed by atoms with Gasteiger partial charge in [-0.05, 0) is 38.7 Å². The zero-order valence-electron chi connectivity index (χ0n) is 12.2. The quantitative estimate of drug-likeness (QED) is 0.581. The Bertz CT molecular complexity index is 528. The summed E-state index contributed by atoms with van der Waals surface area (Å²) in [7, 11) is 0. The number of carbonyl (C=O) groups is 1.